The van der Waals surface area contributed by atoms with E-state index in [1.165, 1.54) is 12.1 Å². The van der Waals surface area contributed by atoms with Crippen molar-refractivity contribution >= 4 is 17.7 Å². The van der Waals surface area contributed by atoms with Gasteiger partial charge in [0.15, 0.2) is 0 Å². The Balaban J connectivity index is 1.61. The minimum Gasteiger partial charge on any atom is -0.378 e. The molecule has 1 aromatic heterocycles. The van der Waals surface area contributed by atoms with Gasteiger partial charge in [0.2, 0.25) is 5.95 Å². The van der Waals surface area contributed by atoms with Crippen LogP contribution in [0.3, 0.4) is 0 Å². The van der Waals surface area contributed by atoms with Crippen molar-refractivity contribution in [1.82, 2.24) is 14.9 Å². The quantitative estimate of drug-likeness (QED) is 0.739. The molecule has 10 heteroatoms. The monoisotopic (exact) mass is 435 g/mol. The van der Waals surface area contributed by atoms with Crippen LogP contribution in [0.2, 0.25) is 0 Å². The Hall–Kier alpha value is -2.88. The lowest BCUT2D eigenvalue weighted by Gasteiger charge is -2.33. The highest BCUT2D eigenvalue weighted by Crippen LogP contribution is 2.31. The minimum absolute atomic E-state index is 0.0236. The summed E-state index contributed by atoms with van der Waals surface area (Å²) in [5.74, 6) is 0.926. The van der Waals surface area contributed by atoms with Crippen LogP contribution in [0.15, 0.2) is 24.3 Å². The fourth-order valence-corrected chi connectivity index (χ4v) is 3.84. The first-order valence-electron chi connectivity index (χ1n) is 10.1. The van der Waals surface area contributed by atoms with Crippen molar-refractivity contribution in [1.29, 1.82) is 0 Å². The molecule has 0 spiro atoms. The molecule has 2 aliphatic rings. The van der Waals surface area contributed by atoms with Crippen LogP contribution in [-0.2, 0) is 23.9 Å². The van der Waals surface area contributed by atoms with Gasteiger partial charge in [0.25, 0.3) is 5.91 Å². The lowest BCUT2D eigenvalue weighted by molar-refractivity contribution is -0.137. The van der Waals surface area contributed by atoms with E-state index in [0.29, 0.717) is 51.0 Å². The number of fused-ring (bicyclic) bond motifs is 1. The highest BCUT2D eigenvalue weighted by Gasteiger charge is 2.32. The van der Waals surface area contributed by atoms with Gasteiger partial charge in [-0.15, -0.1) is 0 Å². The predicted molar refractivity (Wildman–Crippen MR) is 109 cm³/mol. The first-order chi connectivity index (χ1) is 14.7. The molecule has 7 nitrogen and oxygen atoms in total. The van der Waals surface area contributed by atoms with E-state index < -0.39 is 17.6 Å². The van der Waals surface area contributed by atoms with Crippen molar-refractivity contribution in [3.8, 4) is 0 Å². The molecule has 3 heterocycles. The van der Waals surface area contributed by atoms with Crippen molar-refractivity contribution < 1.29 is 22.7 Å². The summed E-state index contributed by atoms with van der Waals surface area (Å²) in [6.07, 6.45) is -3.98. The number of hydrogen-bond donors (Lipinski definition) is 0. The topological polar surface area (TPSA) is 61.8 Å². The average molecular weight is 435 g/mol. The third-order valence-corrected chi connectivity index (χ3v) is 5.47. The zero-order valence-corrected chi connectivity index (χ0v) is 17.4. The Morgan fingerprint density at radius 1 is 1.13 bits per heavy atom. The van der Waals surface area contributed by atoms with Gasteiger partial charge < -0.3 is 19.4 Å². The number of anilines is 2. The van der Waals surface area contributed by atoms with Gasteiger partial charge >= 0.3 is 6.18 Å². The van der Waals surface area contributed by atoms with E-state index in [1.807, 2.05) is 19.0 Å². The molecule has 0 bridgehead atoms. The number of halogens is 3. The molecule has 0 atom stereocenters. The second kappa shape index (κ2) is 8.33. The average Bonchev–Trinajstić information content (AvgIpc) is 2.77. The maximum atomic E-state index is 13.0. The third-order valence-electron chi connectivity index (χ3n) is 5.47. The summed E-state index contributed by atoms with van der Waals surface area (Å²) >= 11 is 0. The summed E-state index contributed by atoms with van der Waals surface area (Å²) in [5, 5.41) is 0. The predicted octanol–water partition coefficient (Wildman–Crippen LogP) is 2.60. The van der Waals surface area contributed by atoms with Crippen LogP contribution in [0.1, 0.15) is 27.2 Å². The largest absolute Gasteiger partial charge is 0.416 e. The molecule has 0 saturated carbocycles. The highest BCUT2D eigenvalue weighted by molar-refractivity contribution is 5.94. The van der Waals surface area contributed by atoms with Crippen molar-refractivity contribution in [2.45, 2.75) is 19.1 Å². The third kappa shape index (κ3) is 4.43. The summed E-state index contributed by atoms with van der Waals surface area (Å²) in [6, 6.07) is 4.55. The molecule has 1 fully saturated rings. The molecular formula is C21H24F3N5O2. The van der Waals surface area contributed by atoms with Crippen LogP contribution < -0.4 is 9.80 Å². The molecule has 2 aromatic rings. The molecule has 1 aromatic carbocycles. The molecule has 1 amide bonds. The summed E-state index contributed by atoms with van der Waals surface area (Å²) in [5.41, 5.74) is 0.889. The van der Waals surface area contributed by atoms with Crippen LogP contribution in [0.4, 0.5) is 24.9 Å². The Labute approximate surface area is 178 Å². The molecule has 0 N–H and O–H groups in total. The SMILES string of the molecule is CN(C)c1nc(N2CCOCC2)nc2c1CN(C(=O)c1cccc(C(F)(F)F)c1)CC2. The first-order valence-corrected chi connectivity index (χ1v) is 10.1. The Kier molecular flexibility index (Phi) is 5.74. The summed E-state index contributed by atoms with van der Waals surface area (Å²) in [7, 11) is 3.75. The normalized spacial score (nSPS) is 16.8. The minimum atomic E-state index is -4.49. The van der Waals surface area contributed by atoms with Crippen molar-refractivity contribution in [3.05, 3.63) is 46.6 Å². The lowest BCUT2D eigenvalue weighted by atomic mass is 10.0. The molecule has 0 aliphatic carbocycles. The smallest absolute Gasteiger partial charge is 0.378 e. The van der Waals surface area contributed by atoms with Crippen LogP contribution in [0.5, 0.6) is 0 Å². The Morgan fingerprint density at radius 2 is 1.87 bits per heavy atom. The van der Waals surface area contributed by atoms with Crippen LogP contribution in [0.25, 0.3) is 0 Å². The first kappa shape index (κ1) is 21.4. The highest BCUT2D eigenvalue weighted by atomic mass is 19.4. The van der Waals surface area contributed by atoms with Crippen LogP contribution >= 0.6 is 0 Å². The number of hydrogen-bond acceptors (Lipinski definition) is 6. The number of aromatic nitrogens is 2. The van der Waals surface area contributed by atoms with E-state index in [0.717, 1.165) is 23.4 Å². The van der Waals surface area contributed by atoms with E-state index in [4.69, 9.17) is 14.7 Å². The van der Waals surface area contributed by atoms with E-state index >= 15 is 0 Å². The standard InChI is InChI=1S/C21H24F3N5O2/c1-27(2)18-16-13-29(19(30)14-4-3-5-15(12-14)21(22,23)24)7-6-17(16)25-20(26-18)28-8-10-31-11-9-28/h3-5,12H,6-11,13H2,1-2H3. The zero-order valence-electron chi connectivity index (χ0n) is 17.4. The number of amides is 1. The lowest BCUT2D eigenvalue weighted by Crippen LogP contribution is -2.40. The maximum absolute atomic E-state index is 13.0. The molecule has 4 rings (SSSR count). The van der Waals surface area contributed by atoms with Gasteiger partial charge in [0.1, 0.15) is 5.82 Å². The summed E-state index contributed by atoms with van der Waals surface area (Å²) in [6.45, 7) is 3.31. The summed E-state index contributed by atoms with van der Waals surface area (Å²) < 4.78 is 44.5. The maximum Gasteiger partial charge on any atom is 0.416 e. The Bertz CT molecular complexity index is 974. The molecule has 31 heavy (non-hydrogen) atoms. The number of morpholine rings is 1. The second-order valence-corrected chi connectivity index (χ2v) is 7.82. The van der Waals surface area contributed by atoms with E-state index in [9.17, 15) is 18.0 Å². The van der Waals surface area contributed by atoms with Gasteiger partial charge in [-0.05, 0) is 18.2 Å². The fourth-order valence-electron chi connectivity index (χ4n) is 3.84. The number of benzene rings is 1. The number of nitrogens with zero attached hydrogens (tertiary/aromatic N) is 5. The molecule has 2 aliphatic heterocycles. The Morgan fingerprint density at radius 3 is 2.55 bits per heavy atom. The number of carbonyl (C=O) groups is 1. The number of carbonyl (C=O) groups excluding carboxylic acids is 1. The number of ether oxygens (including phenoxy) is 1. The van der Waals surface area contributed by atoms with Gasteiger partial charge in [0.05, 0.1) is 31.0 Å². The van der Waals surface area contributed by atoms with Crippen molar-refractivity contribution in [3.63, 3.8) is 0 Å². The molecule has 166 valence electrons. The van der Waals surface area contributed by atoms with Gasteiger partial charge in [-0.25, -0.2) is 4.98 Å². The van der Waals surface area contributed by atoms with Gasteiger partial charge in [-0.2, -0.15) is 18.2 Å². The van der Waals surface area contributed by atoms with Gasteiger partial charge in [0, 0.05) is 51.3 Å². The fraction of sp³-hybridized carbons (Fsp3) is 0.476. The molecule has 1 saturated heterocycles. The number of alkyl halides is 3. The zero-order chi connectivity index (χ0) is 22.2. The van der Waals surface area contributed by atoms with Crippen molar-refractivity contribution in [2.75, 3.05) is 56.7 Å². The van der Waals surface area contributed by atoms with E-state index in [1.54, 1.807) is 4.90 Å². The van der Waals surface area contributed by atoms with Crippen molar-refractivity contribution in [2.24, 2.45) is 0 Å². The number of rotatable bonds is 3. The van der Waals surface area contributed by atoms with E-state index in [-0.39, 0.29) is 12.1 Å². The van der Waals surface area contributed by atoms with Crippen LogP contribution in [-0.4, -0.2) is 67.7 Å². The van der Waals surface area contributed by atoms with Gasteiger partial charge in [-0.3, -0.25) is 4.79 Å². The van der Waals surface area contributed by atoms with Gasteiger partial charge in [-0.1, -0.05) is 6.07 Å². The molecular weight excluding hydrogens is 411 g/mol. The molecule has 0 unspecified atom stereocenters. The summed E-state index contributed by atoms with van der Waals surface area (Å²) in [4.78, 5) is 27.9. The van der Waals surface area contributed by atoms with Crippen LogP contribution in [0, 0.1) is 0 Å². The second-order valence-electron chi connectivity index (χ2n) is 7.82. The van der Waals surface area contributed by atoms with E-state index in [2.05, 4.69) is 4.90 Å². The molecule has 0 radical (unpaired) electrons.